The van der Waals surface area contributed by atoms with E-state index >= 15 is 0 Å². The zero-order chi connectivity index (χ0) is 17.8. The largest absolute Gasteiger partial charge is 0.360 e. The molecule has 4 heteroatoms. The van der Waals surface area contributed by atoms with Crippen molar-refractivity contribution in [2.75, 3.05) is 36.4 Å². The lowest BCUT2D eigenvalue weighted by Crippen LogP contribution is -3.17. The van der Waals surface area contributed by atoms with Gasteiger partial charge in [0.2, 0.25) is 0 Å². The first-order chi connectivity index (χ1) is 12.0. The molecule has 0 radical (unpaired) electrons. The van der Waals surface area contributed by atoms with Crippen LogP contribution in [0.15, 0.2) is 48.5 Å². The van der Waals surface area contributed by atoms with Gasteiger partial charge in [0.25, 0.3) is 5.91 Å². The zero-order valence-corrected chi connectivity index (χ0v) is 15.4. The third-order valence-electron chi connectivity index (χ3n) is 4.99. The number of quaternary nitrogens is 1. The van der Waals surface area contributed by atoms with Crippen LogP contribution in [0.5, 0.6) is 0 Å². The van der Waals surface area contributed by atoms with E-state index in [2.05, 4.69) is 36.2 Å². The molecular formula is C21H28N3O+. The normalized spacial score (nSPS) is 15.4. The highest BCUT2D eigenvalue weighted by molar-refractivity contribution is 6.04. The van der Waals surface area contributed by atoms with Gasteiger partial charge in [0, 0.05) is 16.9 Å². The van der Waals surface area contributed by atoms with E-state index < -0.39 is 0 Å². The van der Waals surface area contributed by atoms with E-state index in [9.17, 15) is 4.79 Å². The summed E-state index contributed by atoms with van der Waals surface area (Å²) in [7, 11) is 0. The molecule has 0 atom stereocenters. The van der Waals surface area contributed by atoms with E-state index in [0.717, 1.165) is 24.3 Å². The maximum atomic E-state index is 12.3. The van der Waals surface area contributed by atoms with Crippen LogP contribution in [0.1, 0.15) is 29.8 Å². The summed E-state index contributed by atoms with van der Waals surface area (Å²) in [4.78, 5) is 16.4. The third kappa shape index (κ3) is 4.40. The van der Waals surface area contributed by atoms with Crippen LogP contribution in [0.4, 0.5) is 11.4 Å². The first-order valence-corrected chi connectivity index (χ1v) is 9.10. The van der Waals surface area contributed by atoms with Crippen LogP contribution in [0.25, 0.3) is 0 Å². The molecule has 2 aromatic rings. The molecule has 2 aromatic carbocycles. The van der Waals surface area contributed by atoms with Crippen LogP contribution in [-0.4, -0.2) is 38.1 Å². The molecule has 0 bridgehead atoms. The summed E-state index contributed by atoms with van der Waals surface area (Å²) in [5.74, 6) is -0.0643. The Kier molecular flexibility index (Phi) is 5.39. The van der Waals surface area contributed by atoms with Crippen molar-refractivity contribution < 1.29 is 9.69 Å². The van der Waals surface area contributed by atoms with Crippen LogP contribution in [-0.2, 0) is 0 Å². The SMILES string of the molecule is Cc1cccc(C(=O)Nc2ccc(N3CC[NH+](C(C)C)CC3)cc2)c1. The first kappa shape index (κ1) is 17.5. The maximum Gasteiger partial charge on any atom is 0.255 e. The Morgan fingerprint density at radius 3 is 2.36 bits per heavy atom. The van der Waals surface area contributed by atoms with Gasteiger partial charge in [-0.15, -0.1) is 0 Å². The second-order valence-electron chi connectivity index (χ2n) is 7.17. The number of rotatable bonds is 4. The number of nitrogens with zero attached hydrogens (tertiary/aromatic N) is 1. The van der Waals surface area contributed by atoms with Crippen molar-refractivity contribution in [3.63, 3.8) is 0 Å². The molecule has 1 amide bonds. The lowest BCUT2D eigenvalue weighted by atomic mass is 10.1. The van der Waals surface area contributed by atoms with Crippen molar-refractivity contribution in [3.05, 3.63) is 59.7 Å². The number of carbonyl (C=O) groups excluding carboxylic acids is 1. The fraction of sp³-hybridized carbons (Fsp3) is 0.381. The van der Waals surface area contributed by atoms with Crippen molar-refractivity contribution >= 4 is 17.3 Å². The molecule has 2 N–H and O–H groups in total. The van der Waals surface area contributed by atoms with E-state index in [-0.39, 0.29) is 5.91 Å². The van der Waals surface area contributed by atoms with Crippen LogP contribution in [0, 0.1) is 6.92 Å². The fourth-order valence-electron chi connectivity index (χ4n) is 3.37. The summed E-state index contributed by atoms with van der Waals surface area (Å²) in [6, 6.07) is 16.5. The Hall–Kier alpha value is -2.33. The minimum atomic E-state index is -0.0643. The standard InChI is InChI=1S/C21H27N3O/c1-16(2)23-11-13-24(14-12-23)20-9-7-19(8-10-20)22-21(25)18-6-4-5-17(3)15-18/h4-10,15-16H,11-14H2,1-3H3,(H,22,25)/p+1. The second-order valence-corrected chi connectivity index (χ2v) is 7.17. The minimum absolute atomic E-state index is 0.0643. The van der Waals surface area contributed by atoms with E-state index in [1.165, 1.54) is 18.8 Å². The highest BCUT2D eigenvalue weighted by Gasteiger charge is 2.22. The number of piperazine rings is 1. The van der Waals surface area contributed by atoms with Crippen LogP contribution >= 0.6 is 0 Å². The molecule has 0 spiro atoms. The molecule has 1 aliphatic rings. The van der Waals surface area contributed by atoms with Gasteiger partial charge in [-0.1, -0.05) is 17.7 Å². The van der Waals surface area contributed by atoms with Crippen molar-refractivity contribution in [2.45, 2.75) is 26.8 Å². The third-order valence-corrected chi connectivity index (χ3v) is 4.99. The van der Waals surface area contributed by atoms with E-state index in [1.807, 2.05) is 43.3 Å². The topological polar surface area (TPSA) is 36.8 Å². The Labute approximate surface area is 150 Å². The molecule has 1 heterocycles. The summed E-state index contributed by atoms with van der Waals surface area (Å²) in [6.07, 6.45) is 0. The molecule has 0 unspecified atom stereocenters. The van der Waals surface area contributed by atoms with E-state index in [1.54, 1.807) is 4.90 Å². The first-order valence-electron chi connectivity index (χ1n) is 9.10. The quantitative estimate of drug-likeness (QED) is 0.898. The van der Waals surface area contributed by atoms with Gasteiger partial charge in [0.05, 0.1) is 32.2 Å². The molecule has 1 fully saturated rings. The average Bonchev–Trinajstić information content (AvgIpc) is 2.62. The maximum absolute atomic E-state index is 12.3. The van der Waals surface area contributed by atoms with Crippen LogP contribution in [0.3, 0.4) is 0 Å². The summed E-state index contributed by atoms with van der Waals surface area (Å²) < 4.78 is 0. The average molecular weight is 338 g/mol. The van der Waals surface area contributed by atoms with Gasteiger partial charge in [0.15, 0.2) is 0 Å². The number of benzene rings is 2. The van der Waals surface area contributed by atoms with Gasteiger partial charge < -0.3 is 15.1 Å². The molecule has 132 valence electrons. The molecule has 4 nitrogen and oxygen atoms in total. The number of hydrogen-bond acceptors (Lipinski definition) is 2. The second kappa shape index (κ2) is 7.70. The summed E-state index contributed by atoms with van der Waals surface area (Å²) in [5, 5.41) is 2.98. The smallest absolute Gasteiger partial charge is 0.255 e. The van der Waals surface area contributed by atoms with Crippen LogP contribution in [0.2, 0.25) is 0 Å². The molecule has 1 saturated heterocycles. The number of nitrogens with one attached hydrogen (secondary N) is 2. The predicted octanol–water partition coefficient (Wildman–Crippen LogP) is 2.36. The van der Waals surface area contributed by atoms with Gasteiger partial charge in [0.1, 0.15) is 0 Å². The van der Waals surface area contributed by atoms with Crippen molar-refractivity contribution in [1.82, 2.24) is 0 Å². The Balaban J connectivity index is 1.60. The molecule has 1 aliphatic heterocycles. The lowest BCUT2D eigenvalue weighted by Gasteiger charge is -2.35. The van der Waals surface area contributed by atoms with Crippen molar-refractivity contribution in [2.24, 2.45) is 0 Å². The Morgan fingerprint density at radius 1 is 1.08 bits per heavy atom. The predicted molar refractivity (Wildman–Crippen MR) is 104 cm³/mol. The van der Waals surface area contributed by atoms with Gasteiger partial charge in [-0.2, -0.15) is 0 Å². The summed E-state index contributed by atoms with van der Waals surface area (Å²) >= 11 is 0. The number of carbonyl (C=O) groups is 1. The molecule has 3 rings (SSSR count). The summed E-state index contributed by atoms with van der Waals surface area (Å²) in [5.41, 5.74) is 3.85. The van der Waals surface area contributed by atoms with Gasteiger partial charge in [-0.3, -0.25) is 4.79 Å². The monoisotopic (exact) mass is 338 g/mol. The number of anilines is 2. The number of aryl methyl sites for hydroxylation is 1. The van der Waals surface area contributed by atoms with E-state index in [4.69, 9.17) is 0 Å². The molecule has 0 aliphatic carbocycles. The highest BCUT2D eigenvalue weighted by atomic mass is 16.1. The number of amides is 1. The Bertz CT molecular complexity index is 716. The molecule has 0 saturated carbocycles. The van der Waals surface area contributed by atoms with Gasteiger partial charge in [-0.05, 0) is 57.2 Å². The minimum Gasteiger partial charge on any atom is -0.360 e. The molecule has 0 aromatic heterocycles. The molecular weight excluding hydrogens is 310 g/mol. The Morgan fingerprint density at radius 2 is 1.76 bits per heavy atom. The number of hydrogen-bond donors (Lipinski definition) is 2. The zero-order valence-electron chi connectivity index (χ0n) is 15.4. The highest BCUT2D eigenvalue weighted by Crippen LogP contribution is 2.19. The van der Waals surface area contributed by atoms with Crippen LogP contribution < -0.4 is 15.1 Å². The van der Waals surface area contributed by atoms with Gasteiger partial charge in [-0.25, -0.2) is 0 Å². The van der Waals surface area contributed by atoms with Crippen molar-refractivity contribution in [1.29, 1.82) is 0 Å². The molecule has 25 heavy (non-hydrogen) atoms. The van der Waals surface area contributed by atoms with Gasteiger partial charge >= 0.3 is 0 Å². The van der Waals surface area contributed by atoms with E-state index in [0.29, 0.717) is 11.6 Å². The fourth-order valence-corrected chi connectivity index (χ4v) is 3.37. The lowest BCUT2D eigenvalue weighted by molar-refractivity contribution is -0.921. The van der Waals surface area contributed by atoms with Crippen molar-refractivity contribution in [3.8, 4) is 0 Å². The summed E-state index contributed by atoms with van der Waals surface area (Å²) in [6.45, 7) is 11.1.